The van der Waals surface area contributed by atoms with Gasteiger partial charge in [-0.25, -0.2) is 4.98 Å². The highest BCUT2D eigenvalue weighted by molar-refractivity contribution is 7.25. The molecule has 0 fully saturated rings. The van der Waals surface area contributed by atoms with E-state index in [1.54, 1.807) is 11.3 Å². The zero-order valence-electron chi connectivity index (χ0n) is 25.6. The second-order valence-corrected chi connectivity index (χ2v) is 14.1. The van der Waals surface area contributed by atoms with Gasteiger partial charge in [0.2, 0.25) is 0 Å². The highest BCUT2D eigenvalue weighted by atomic mass is 32.1. The van der Waals surface area contributed by atoms with Crippen LogP contribution in [-0.2, 0) is 0 Å². The summed E-state index contributed by atoms with van der Waals surface area (Å²) < 4.78 is 10.2. The molecule has 0 aliphatic heterocycles. The van der Waals surface area contributed by atoms with Crippen molar-refractivity contribution < 1.29 is 4.42 Å². The fraction of sp³-hybridized carbons (Fsp3) is 0. The van der Waals surface area contributed by atoms with Crippen molar-refractivity contribution in [3.05, 3.63) is 158 Å². The monoisotopic (exact) mass is 650 g/mol. The average molecular weight is 651 g/mol. The molecule has 226 valence electrons. The fourth-order valence-electron chi connectivity index (χ4n) is 6.81. The maximum absolute atomic E-state index is 6.44. The van der Waals surface area contributed by atoms with Crippen LogP contribution in [0.15, 0.2) is 162 Å². The van der Waals surface area contributed by atoms with Crippen LogP contribution in [0.4, 0.5) is 17.1 Å². The summed E-state index contributed by atoms with van der Waals surface area (Å²) >= 11 is 3.57. The Bertz CT molecular complexity index is 2780. The molecule has 7 aromatic carbocycles. The minimum atomic E-state index is 0.870. The Kier molecular flexibility index (Phi) is 6.22. The number of thiazole rings is 1. The second kappa shape index (κ2) is 10.9. The van der Waals surface area contributed by atoms with Crippen LogP contribution >= 0.6 is 22.7 Å². The van der Waals surface area contributed by atoms with E-state index in [2.05, 4.69) is 157 Å². The van der Waals surface area contributed by atoms with Crippen molar-refractivity contribution in [1.29, 1.82) is 0 Å². The van der Waals surface area contributed by atoms with E-state index in [-0.39, 0.29) is 0 Å². The Labute approximate surface area is 284 Å². The van der Waals surface area contributed by atoms with Crippen LogP contribution in [0.2, 0.25) is 0 Å². The third-order valence-electron chi connectivity index (χ3n) is 9.10. The number of hydrogen-bond acceptors (Lipinski definition) is 5. The van der Waals surface area contributed by atoms with Crippen molar-refractivity contribution in [1.82, 2.24) is 4.98 Å². The lowest BCUT2D eigenvalue weighted by Crippen LogP contribution is -2.09. The molecule has 10 rings (SSSR count). The van der Waals surface area contributed by atoms with Crippen molar-refractivity contribution in [2.75, 3.05) is 4.90 Å². The topological polar surface area (TPSA) is 29.3 Å². The predicted octanol–water partition coefficient (Wildman–Crippen LogP) is 13.4. The summed E-state index contributed by atoms with van der Waals surface area (Å²) in [6.07, 6.45) is 0. The highest BCUT2D eigenvalue weighted by Gasteiger charge is 2.19. The molecule has 3 nitrogen and oxygen atoms in total. The molecule has 0 aliphatic carbocycles. The summed E-state index contributed by atoms with van der Waals surface area (Å²) in [6.45, 7) is 0. The number of nitrogens with zero attached hydrogens (tertiary/aromatic N) is 2. The van der Waals surface area contributed by atoms with E-state index < -0.39 is 0 Å². The number of anilines is 3. The number of benzene rings is 7. The summed E-state index contributed by atoms with van der Waals surface area (Å²) in [6, 6.07) is 56.1. The Morgan fingerprint density at radius 3 is 1.90 bits per heavy atom. The SMILES string of the molecule is c1ccc(-c2ccc(N(c3ccc4sc5ccccc5c4c3)c3ccc4oc5ccc6nc(-c7ccccc7)sc6c5c4c3)cc2)cc1. The maximum Gasteiger partial charge on any atom is 0.137 e. The third-order valence-corrected chi connectivity index (χ3v) is 11.4. The molecular formula is C43H26N2OS2. The second-order valence-electron chi connectivity index (χ2n) is 12.0. The minimum absolute atomic E-state index is 0.870. The highest BCUT2D eigenvalue weighted by Crippen LogP contribution is 2.44. The maximum atomic E-state index is 6.44. The number of aromatic nitrogens is 1. The van der Waals surface area contributed by atoms with Crippen molar-refractivity contribution >= 4 is 92.1 Å². The van der Waals surface area contributed by atoms with Gasteiger partial charge < -0.3 is 9.32 Å². The normalized spacial score (nSPS) is 11.8. The zero-order valence-corrected chi connectivity index (χ0v) is 27.3. The molecule has 3 aromatic heterocycles. The molecule has 0 aliphatic rings. The Hall–Kier alpha value is -5.75. The lowest BCUT2D eigenvalue weighted by Gasteiger charge is -2.26. The van der Waals surface area contributed by atoms with Gasteiger partial charge in [0.15, 0.2) is 0 Å². The largest absolute Gasteiger partial charge is 0.456 e. The van der Waals surface area contributed by atoms with Crippen molar-refractivity contribution in [3.8, 4) is 21.7 Å². The molecule has 0 unspecified atom stereocenters. The predicted molar refractivity (Wildman–Crippen MR) is 205 cm³/mol. The smallest absolute Gasteiger partial charge is 0.137 e. The number of furan rings is 1. The molecule has 0 saturated heterocycles. The van der Waals surface area contributed by atoms with E-state index in [0.29, 0.717) is 0 Å². The third kappa shape index (κ3) is 4.43. The molecule has 5 heteroatoms. The van der Waals surface area contributed by atoms with Crippen molar-refractivity contribution in [3.63, 3.8) is 0 Å². The minimum Gasteiger partial charge on any atom is -0.456 e. The summed E-state index contributed by atoms with van der Waals surface area (Å²) in [4.78, 5) is 7.38. The lowest BCUT2D eigenvalue weighted by molar-refractivity contribution is 0.669. The van der Waals surface area contributed by atoms with E-state index in [0.717, 1.165) is 59.8 Å². The van der Waals surface area contributed by atoms with Crippen LogP contribution in [0.25, 0.3) is 74.0 Å². The Morgan fingerprint density at radius 1 is 0.458 bits per heavy atom. The van der Waals surface area contributed by atoms with Gasteiger partial charge >= 0.3 is 0 Å². The first-order valence-corrected chi connectivity index (χ1v) is 17.6. The quantitative estimate of drug-likeness (QED) is 0.186. The number of hydrogen-bond donors (Lipinski definition) is 0. The van der Waals surface area contributed by atoms with Gasteiger partial charge in [-0.05, 0) is 77.9 Å². The summed E-state index contributed by atoms with van der Waals surface area (Å²) in [5, 5.41) is 5.78. The van der Waals surface area contributed by atoms with Crippen molar-refractivity contribution in [2.24, 2.45) is 0 Å². The van der Waals surface area contributed by atoms with Crippen LogP contribution in [0.5, 0.6) is 0 Å². The van der Waals surface area contributed by atoms with E-state index in [1.807, 2.05) is 17.4 Å². The first kappa shape index (κ1) is 27.4. The Morgan fingerprint density at radius 2 is 1.08 bits per heavy atom. The molecule has 0 atom stereocenters. The van der Waals surface area contributed by atoms with Gasteiger partial charge in [0.25, 0.3) is 0 Å². The molecule has 3 heterocycles. The molecule has 0 radical (unpaired) electrons. The van der Waals surface area contributed by atoms with Gasteiger partial charge in [0.05, 0.1) is 10.2 Å². The summed E-state index contributed by atoms with van der Waals surface area (Å²) in [5.74, 6) is 0. The molecule has 0 spiro atoms. The van der Waals surface area contributed by atoms with Crippen LogP contribution in [0.1, 0.15) is 0 Å². The van der Waals surface area contributed by atoms with Gasteiger partial charge in [0, 0.05) is 53.6 Å². The van der Waals surface area contributed by atoms with E-state index >= 15 is 0 Å². The average Bonchev–Trinajstić information content (AvgIpc) is 3.86. The van der Waals surface area contributed by atoms with Crippen LogP contribution in [-0.4, -0.2) is 4.98 Å². The van der Waals surface area contributed by atoms with Crippen LogP contribution in [0, 0.1) is 0 Å². The molecule has 48 heavy (non-hydrogen) atoms. The molecule has 0 bridgehead atoms. The van der Waals surface area contributed by atoms with Crippen LogP contribution < -0.4 is 4.90 Å². The van der Waals surface area contributed by atoms with E-state index in [9.17, 15) is 0 Å². The molecule has 10 aromatic rings. The molecule has 0 N–H and O–H groups in total. The number of thiophene rings is 1. The number of rotatable bonds is 5. The summed E-state index contributed by atoms with van der Waals surface area (Å²) in [5.41, 5.74) is 9.53. The number of fused-ring (bicyclic) bond motifs is 8. The van der Waals surface area contributed by atoms with Gasteiger partial charge in [-0.2, -0.15) is 0 Å². The van der Waals surface area contributed by atoms with E-state index in [4.69, 9.17) is 9.40 Å². The van der Waals surface area contributed by atoms with Crippen LogP contribution in [0.3, 0.4) is 0 Å². The molecular weight excluding hydrogens is 625 g/mol. The van der Waals surface area contributed by atoms with Gasteiger partial charge in [-0.1, -0.05) is 91.0 Å². The lowest BCUT2D eigenvalue weighted by atomic mass is 10.0. The first-order valence-electron chi connectivity index (χ1n) is 15.9. The van der Waals surface area contributed by atoms with Gasteiger partial charge in [-0.15, -0.1) is 22.7 Å². The molecule has 0 saturated carbocycles. The van der Waals surface area contributed by atoms with Gasteiger partial charge in [0.1, 0.15) is 16.2 Å². The van der Waals surface area contributed by atoms with Gasteiger partial charge in [-0.3, -0.25) is 0 Å². The van der Waals surface area contributed by atoms with E-state index in [1.165, 1.54) is 31.3 Å². The standard InChI is InChI=1S/C43H26N2OS2/c1-3-9-27(10-4-1)28-15-17-30(18-16-28)45(32-20-24-40-34(25-32)33-13-7-8-14-39(33)47-40)31-19-22-37-35(26-31)41-38(46-37)23-21-36-42(41)48-43(44-36)29-11-5-2-6-12-29/h1-26H. The molecule has 0 amide bonds. The fourth-order valence-corrected chi connectivity index (χ4v) is 9.02. The Balaban J connectivity index is 1.18. The zero-order chi connectivity index (χ0) is 31.6. The van der Waals surface area contributed by atoms with Crippen molar-refractivity contribution in [2.45, 2.75) is 0 Å². The first-order chi connectivity index (χ1) is 23.8. The summed E-state index contributed by atoms with van der Waals surface area (Å²) in [7, 11) is 0.